The summed E-state index contributed by atoms with van der Waals surface area (Å²) in [5, 5.41) is 10.6. The molecule has 1 atom stereocenters. The minimum atomic E-state index is -0.623. The van der Waals surface area contributed by atoms with Crippen LogP contribution < -0.4 is 4.74 Å². The molecule has 1 N–H and O–H groups in total. The third-order valence-electron chi connectivity index (χ3n) is 3.45. The van der Waals surface area contributed by atoms with Gasteiger partial charge in [0.2, 0.25) is 0 Å². The van der Waals surface area contributed by atoms with Crippen LogP contribution in [0.3, 0.4) is 0 Å². The van der Waals surface area contributed by atoms with Gasteiger partial charge >= 0.3 is 0 Å². The van der Waals surface area contributed by atoms with Crippen molar-refractivity contribution in [3.8, 4) is 5.75 Å². The molecule has 0 aliphatic heterocycles. The van der Waals surface area contributed by atoms with E-state index in [2.05, 4.69) is 35.8 Å². The van der Waals surface area contributed by atoms with E-state index in [9.17, 15) is 5.11 Å². The molecule has 0 saturated heterocycles. The molecule has 0 radical (unpaired) electrons. The van der Waals surface area contributed by atoms with Gasteiger partial charge in [0.25, 0.3) is 0 Å². The van der Waals surface area contributed by atoms with Crippen LogP contribution in [-0.2, 0) is 0 Å². The second-order valence-electron chi connectivity index (χ2n) is 5.30. The molecule has 2 aromatic carbocycles. The van der Waals surface area contributed by atoms with Crippen LogP contribution in [0.4, 0.5) is 0 Å². The van der Waals surface area contributed by atoms with Crippen LogP contribution in [0.25, 0.3) is 0 Å². The highest BCUT2D eigenvalue weighted by Crippen LogP contribution is 2.32. The molecule has 1 unspecified atom stereocenters. The summed E-state index contributed by atoms with van der Waals surface area (Å²) in [7, 11) is 0. The van der Waals surface area contributed by atoms with Gasteiger partial charge < -0.3 is 9.84 Å². The van der Waals surface area contributed by atoms with E-state index in [0.717, 1.165) is 33.3 Å². The van der Waals surface area contributed by atoms with Crippen molar-refractivity contribution in [2.75, 3.05) is 6.61 Å². The SMILES string of the molecule is CCCOc1ccc(C(O)c2ccc(C)cc2C)cc1Br. The first-order valence-electron chi connectivity index (χ1n) is 7.20. The van der Waals surface area contributed by atoms with Crippen LogP contribution in [0.5, 0.6) is 5.75 Å². The Morgan fingerprint density at radius 3 is 2.52 bits per heavy atom. The fraction of sp³-hybridized carbons (Fsp3) is 0.333. The lowest BCUT2D eigenvalue weighted by Crippen LogP contribution is -2.03. The third kappa shape index (κ3) is 3.86. The zero-order chi connectivity index (χ0) is 15.4. The summed E-state index contributed by atoms with van der Waals surface area (Å²) in [4.78, 5) is 0. The number of rotatable bonds is 5. The maximum absolute atomic E-state index is 10.6. The number of ether oxygens (including phenoxy) is 1. The molecule has 0 aromatic heterocycles. The first kappa shape index (κ1) is 16.1. The van der Waals surface area contributed by atoms with E-state index in [1.807, 2.05) is 37.3 Å². The maximum Gasteiger partial charge on any atom is 0.133 e. The van der Waals surface area contributed by atoms with E-state index in [0.29, 0.717) is 6.61 Å². The molecular formula is C18H21BrO2. The summed E-state index contributed by atoms with van der Waals surface area (Å²) >= 11 is 3.51. The number of aryl methyl sites for hydroxylation is 2. The molecule has 0 heterocycles. The molecule has 0 saturated carbocycles. The monoisotopic (exact) mass is 348 g/mol. The lowest BCUT2D eigenvalue weighted by molar-refractivity contribution is 0.219. The molecule has 112 valence electrons. The minimum absolute atomic E-state index is 0.623. The highest BCUT2D eigenvalue weighted by atomic mass is 79.9. The smallest absolute Gasteiger partial charge is 0.133 e. The summed E-state index contributed by atoms with van der Waals surface area (Å²) < 4.78 is 6.51. The Morgan fingerprint density at radius 2 is 1.90 bits per heavy atom. The standard InChI is InChI=1S/C18H21BrO2/c1-4-9-21-17-8-6-14(11-16(17)19)18(20)15-7-5-12(2)10-13(15)3/h5-8,10-11,18,20H,4,9H2,1-3H3. The van der Waals surface area contributed by atoms with Gasteiger partial charge in [0.15, 0.2) is 0 Å². The molecule has 2 nitrogen and oxygen atoms in total. The van der Waals surface area contributed by atoms with Gasteiger partial charge in [-0.1, -0.05) is 36.8 Å². The quantitative estimate of drug-likeness (QED) is 0.829. The fourth-order valence-corrected chi connectivity index (χ4v) is 2.84. The number of benzene rings is 2. The predicted molar refractivity (Wildman–Crippen MR) is 89.9 cm³/mol. The zero-order valence-corrected chi connectivity index (χ0v) is 14.3. The zero-order valence-electron chi connectivity index (χ0n) is 12.7. The van der Waals surface area contributed by atoms with Gasteiger partial charge in [-0.25, -0.2) is 0 Å². The maximum atomic E-state index is 10.6. The summed E-state index contributed by atoms with van der Waals surface area (Å²) in [6.07, 6.45) is 0.349. The summed E-state index contributed by atoms with van der Waals surface area (Å²) in [5.41, 5.74) is 4.10. The van der Waals surface area contributed by atoms with Crippen molar-refractivity contribution in [2.45, 2.75) is 33.3 Å². The van der Waals surface area contributed by atoms with Crippen LogP contribution in [-0.4, -0.2) is 11.7 Å². The van der Waals surface area contributed by atoms with Crippen molar-refractivity contribution in [3.05, 3.63) is 63.1 Å². The average Bonchev–Trinajstić information content (AvgIpc) is 2.45. The fourth-order valence-electron chi connectivity index (χ4n) is 2.33. The molecule has 0 fully saturated rings. The summed E-state index contributed by atoms with van der Waals surface area (Å²) in [6, 6.07) is 11.9. The van der Waals surface area contributed by atoms with E-state index < -0.39 is 6.10 Å². The first-order valence-corrected chi connectivity index (χ1v) is 7.99. The Bertz CT molecular complexity index is 623. The van der Waals surface area contributed by atoms with Crippen LogP contribution in [0, 0.1) is 13.8 Å². The molecule has 2 rings (SSSR count). The molecule has 0 spiro atoms. The second kappa shape index (κ2) is 7.10. The van der Waals surface area contributed by atoms with E-state index in [1.165, 1.54) is 5.56 Å². The Balaban J connectivity index is 2.27. The number of halogens is 1. The van der Waals surface area contributed by atoms with Crippen molar-refractivity contribution >= 4 is 15.9 Å². The van der Waals surface area contributed by atoms with Crippen molar-refractivity contribution in [1.29, 1.82) is 0 Å². The van der Waals surface area contributed by atoms with Gasteiger partial charge in [0, 0.05) is 0 Å². The molecule has 0 amide bonds. The van der Waals surface area contributed by atoms with Crippen molar-refractivity contribution in [2.24, 2.45) is 0 Å². The first-order chi connectivity index (χ1) is 10.0. The topological polar surface area (TPSA) is 29.5 Å². The van der Waals surface area contributed by atoms with Crippen molar-refractivity contribution in [3.63, 3.8) is 0 Å². The van der Waals surface area contributed by atoms with Gasteiger partial charge in [-0.3, -0.25) is 0 Å². The number of aliphatic hydroxyl groups is 1. The molecule has 21 heavy (non-hydrogen) atoms. The number of hydrogen-bond donors (Lipinski definition) is 1. The molecule has 3 heteroatoms. The Hall–Kier alpha value is -1.32. The molecule has 0 aliphatic carbocycles. The molecule has 2 aromatic rings. The van der Waals surface area contributed by atoms with Gasteiger partial charge in [-0.2, -0.15) is 0 Å². The van der Waals surface area contributed by atoms with Crippen LogP contribution >= 0.6 is 15.9 Å². The van der Waals surface area contributed by atoms with Crippen molar-refractivity contribution < 1.29 is 9.84 Å². The predicted octanol–water partition coefficient (Wildman–Crippen LogP) is 4.94. The third-order valence-corrected chi connectivity index (χ3v) is 4.07. The van der Waals surface area contributed by atoms with E-state index in [1.54, 1.807) is 0 Å². The number of hydrogen-bond acceptors (Lipinski definition) is 2. The second-order valence-corrected chi connectivity index (χ2v) is 6.16. The van der Waals surface area contributed by atoms with Gasteiger partial charge in [-0.15, -0.1) is 0 Å². The minimum Gasteiger partial charge on any atom is -0.492 e. The van der Waals surface area contributed by atoms with Gasteiger partial charge in [0.1, 0.15) is 11.9 Å². The summed E-state index contributed by atoms with van der Waals surface area (Å²) in [5.74, 6) is 0.813. The lowest BCUT2D eigenvalue weighted by Gasteiger charge is -2.16. The van der Waals surface area contributed by atoms with Crippen LogP contribution in [0.1, 0.15) is 41.7 Å². The van der Waals surface area contributed by atoms with E-state index in [4.69, 9.17) is 4.74 Å². The molecular weight excluding hydrogens is 328 g/mol. The average molecular weight is 349 g/mol. The highest BCUT2D eigenvalue weighted by molar-refractivity contribution is 9.10. The van der Waals surface area contributed by atoms with Crippen LogP contribution in [0.15, 0.2) is 40.9 Å². The lowest BCUT2D eigenvalue weighted by atomic mass is 9.96. The Morgan fingerprint density at radius 1 is 1.14 bits per heavy atom. The normalized spacial score (nSPS) is 12.2. The van der Waals surface area contributed by atoms with Gasteiger partial charge in [0.05, 0.1) is 11.1 Å². The Labute approximate surface area is 134 Å². The Kier molecular flexibility index (Phi) is 5.43. The van der Waals surface area contributed by atoms with Crippen LogP contribution in [0.2, 0.25) is 0 Å². The molecule has 0 aliphatic rings. The number of aliphatic hydroxyl groups excluding tert-OH is 1. The van der Waals surface area contributed by atoms with E-state index in [-0.39, 0.29) is 0 Å². The molecule has 0 bridgehead atoms. The van der Waals surface area contributed by atoms with Gasteiger partial charge in [-0.05, 0) is 65.0 Å². The highest BCUT2D eigenvalue weighted by Gasteiger charge is 2.14. The summed E-state index contributed by atoms with van der Waals surface area (Å²) in [6.45, 7) is 6.85. The largest absolute Gasteiger partial charge is 0.492 e. The van der Waals surface area contributed by atoms with Crippen molar-refractivity contribution in [1.82, 2.24) is 0 Å². The van der Waals surface area contributed by atoms with E-state index >= 15 is 0 Å².